The van der Waals surface area contributed by atoms with E-state index < -0.39 is 0 Å². The number of hydrogen-bond donors (Lipinski definition) is 1. The Morgan fingerprint density at radius 2 is 2.15 bits per heavy atom. The van der Waals surface area contributed by atoms with E-state index in [1.807, 2.05) is 30.0 Å². The number of aryl methyl sites for hydroxylation is 1. The number of carbonyl (C=O) groups excluding carboxylic acids is 1. The largest absolute Gasteiger partial charge is 0.398 e. The fraction of sp³-hybridized carbons (Fsp3) is 0.562. The Hall–Kier alpha value is -1.55. The Balaban J connectivity index is 2.28. The van der Waals surface area contributed by atoms with Gasteiger partial charge in [0.15, 0.2) is 0 Å². The first kappa shape index (κ1) is 14.9. The quantitative estimate of drug-likeness (QED) is 0.841. The molecule has 1 aromatic rings. The molecule has 1 amide bonds. The molecular formula is C16H25N3O. The lowest BCUT2D eigenvalue weighted by Crippen LogP contribution is -2.43. The second-order valence-corrected chi connectivity index (χ2v) is 5.71. The zero-order chi connectivity index (χ0) is 14.7. The smallest absolute Gasteiger partial charge is 0.256 e. The predicted octanol–water partition coefficient (Wildman–Crippen LogP) is 2.13. The van der Waals surface area contributed by atoms with E-state index in [1.165, 1.54) is 0 Å². The van der Waals surface area contributed by atoms with Gasteiger partial charge in [0.05, 0.1) is 5.56 Å². The summed E-state index contributed by atoms with van der Waals surface area (Å²) in [6, 6.07) is 5.96. The fourth-order valence-electron chi connectivity index (χ4n) is 2.88. The van der Waals surface area contributed by atoms with Gasteiger partial charge >= 0.3 is 0 Å². The van der Waals surface area contributed by atoms with Gasteiger partial charge in [0.1, 0.15) is 0 Å². The lowest BCUT2D eigenvalue weighted by atomic mass is 10.1. The van der Waals surface area contributed by atoms with Crippen LogP contribution in [0.1, 0.15) is 35.7 Å². The summed E-state index contributed by atoms with van der Waals surface area (Å²) in [5, 5.41) is 0. The van der Waals surface area contributed by atoms with Crippen LogP contribution >= 0.6 is 0 Å². The maximum Gasteiger partial charge on any atom is 0.256 e. The summed E-state index contributed by atoms with van der Waals surface area (Å²) in [7, 11) is 2.12. The highest BCUT2D eigenvalue weighted by molar-refractivity contribution is 5.99. The van der Waals surface area contributed by atoms with Gasteiger partial charge in [0.25, 0.3) is 5.91 Å². The minimum atomic E-state index is 0.0772. The van der Waals surface area contributed by atoms with E-state index in [9.17, 15) is 4.79 Å². The van der Waals surface area contributed by atoms with Crippen molar-refractivity contribution in [3.63, 3.8) is 0 Å². The summed E-state index contributed by atoms with van der Waals surface area (Å²) < 4.78 is 0. The van der Waals surface area contributed by atoms with Gasteiger partial charge in [-0.2, -0.15) is 0 Å². The number of carbonyl (C=O) groups is 1. The molecule has 0 aromatic heterocycles. The zero-order valence-electron chi connectivity index (χ0n) is 12.7. The molecule has 20 heavy (non-hydrogen) atoms. The van der Waals surface area contributed by atoms with Crippen LogP contribution < -0.4 is 5.73 Å². The molecule has 0 bridgehead atoms. The molecule has 2 rings (SSSR count). The minimum Gasteiger partial charge on any atom is -0.398 e. The van der Waals surface area contributed by atoms with E-state index in [0.717, 1.165) is 38.0 Å². The molecule has 1 aliphatic rings. The molecule has 4 nitrogen and oxygen atoms in total. The summed E-state index contributed by atoms with van der Waals surface area (Å²) in [6.45, 7) is 6.88. The number of nitrogen functional groups attached to an aromatic ring is 1. The van der Waals surface area contributed by atoms with Crippen LogP contribution in [0, 0.1) is 6.92 Å². The molecule has 0 radical (unpaired) electrons. The standard InChI is InChI=1S/C16H25N3O/c1-4-13-11-18(3)9-6-10-19(13)16(20)14-8-5-7-12(2)15(14)17/h5,7-8,13H,4,6,9-11,17H2,1-3H3. The van der Waals surface area contributed by atoms with Gasteiger partial charge in [0.2, 0.25) is 0 Å². The molecule has 0 saturated carbocycles. The summed E-state index contributed by atoms with van der Waals surface area (Å²) in [4.78, 5) is 17.1. The number of likely N-dealkylation sites (N-methyl/N-ethyl adjacent to an activating group) is 1. The number of rotatable bonds is 2. The van der Waals surface area contributed by atoms with Crippen LogP contribution in [0.5, 0.6) is 0 Å². The fourth-order valence-corrected chi connectivity index (χ4v) is 2.88. The molecule has 1 fully saturated rings. The van der Waals surface area contributed by atoms with Crippen molar-refractivity contribution in [3.05, 3.63) is 29.3 Å². The van der Waals surface area contributed by atoms with Gasteiger partial charge in [-0.3, -0.25) is 4.79 Å². The van der Waals surface area contributed by atoms with Crippen LogP contribution in [0.15, 0.2) is 18.2 Å². The van der Waals surface area contributed by atoms with E-state index in [1.54, 1.807) is 0 Å². The second-order valence-electron chi connectivity index (χ2n) is 5.71. The topological polar surface area (TPSA) is 49.6 Å². The summed E-state index contributed by atoms with van der Waals surface area (Å²) in [5.74, 6) is 0.0772. The molecule has 1 aliphatic heterocycles. The first-order valence-corrected chi connectivity index (χ1v) is 7.39. The number of anilines is 1. The number of para-hydroxylation sites is 1. The van der Waals surface area contributed by atoms with E-state index >= 15 is 0 Å². The average Bonchev–Trinajstić information content (AvgIpc) is 2.62. The molecule has 4 heteroatoms. The highest BCUT2D eigenvalue weighted by atomic mass is 16.2. The third-order valence-electron chi connectivity index (χ3n) is 4.19. The van der Waals surface area contributed by atoms with E-state index in [4.69, 9.17) is 5.73 Å². The van der Waals surface area contributed by atoms with Crippen molar-refractivity contribution < 1.29 is 4.79 Å². The number of hydrogen-bond acceptors (Lipinski definition) is 3. The Labute approximate surface area is 121 Å². The van der Waals surface area contributed by atoms with Gasteiger partial charge in [-0.05, 0) is 45.0 Å². The first-order valence-electron chi connectivity index (χ1n) is 7.39. The Morgan fingerprint density at radius 3 is 2.85 bits per heavy atom. The van der Waals surface area contributed by atoms with Crippen LogP contribution in [0.25, 0.3) is 0 Å². The lowest BCUT2D eigenvalue weighted by molar-refractivity contribution is 0.0676. The van der Waals surface area contributed by atoms with Gasteiger partial charge < -0.3 is 15.5 Å². The Morgan fingerprint density at radius 1 is 1.40 bits per heavy atom. The van der Waals surface area contributed by atoms with Gasteiger partial charge in [-0.25, -0.2) is 0 Å². The Bertz CT molecular complexity index is 487. The van der Waals surface area contributed by atoms with Crippen molar-refractivity contribution in [1.82, 2.24) is 9.80 Å². The van der Waals surface area contributed by atoms with Crippen molar-refractivity contribution in [2.24, 2.45) is 0 Å². The van der Waals surface area contributed by atoms with Crippen molar-refractivity contribution in [3.8, 4) is 0 Å². The summed E-state index contributed by atoms with van der Waals surface area (Å²) in [5.41, 5.74) is 8.32. The van der Waals surface area contributed by atoms with E-state index in [-0.39, 0.29) is 11.9 Å². The minimum absolute atomic E-state index is 0.0772. The van der Waals surface area contributed by atoms with Crippen LogP contribution in [-0.2, 0) is 0 Å². The first-order chi connectivity index (χ1) is 9.54. The molecule has 0 aliphatic carbocycles. The molecule has 0 spiro atoms. The molecular weight excluding hydrogens is 250 g/mol. The van der Waals surface area contributed by atoms with Crippen molar-refractivity contribution in [2.75, 3.05) is 32.4 Å². The molecule has 2 N–H and O–H groups in total. The summed E-state index contributed by atoms with van der Waals surface area (Å²) in [6.07, 6.45) is 1.99. The highest BCUT2D eigenvalue weighted by Gasteiger charge is 2.27. The van der Waals surface area contributed by atoms with Gasteiger partial charge in [-0.1, -0.05) is 19.1 Å². The summed E-state index contributed by atoms with van der Waals surface area (Å²) >= 11 is 0. The number of nitrogens with two attached hydrogens (primary N) is 1. The number of nitrogens with zero attached hydrogens (tertiary/aromatic N) is 2. The third kappa shape index (κ3) is 2.96. The van der Waals surface area contributed by atoms with Crippen molar-refractivity contribution in [1.29, 1.82) is 0 Å². The SMILES string of the molecule is CCC1CN(C)CCCN1C(=O)c1cccc(C)c1N. The third-order valence-corrected chi connectivity index (χ3v) is 4.19. The van der Waals surface area contributed by atoms with Crippen LogP contribution in [0.2, 0.25) is 0 Å². The number of amides is 1. The molecule has 110 valence electrons. The zero-order valence-corrected chi connectivity index (χ0v) is 12.7. The van der Waals surface area contributed by atoms with Crippen LogP contribution in [-0.4, -0.2) is 48.4 Å². The molecule has 1 unspecified atom stereocenters. The average molecular weight is 275 g/mol. The van der Waals surface area contributed by atoms with Crippen LogP contribution in [0.4, 0.5) is 5.69 Å². The highest BCUT2D eigenvalue weighted by Crippen LogP contribution is 2.21. The maximum atomic E-state index is 12.8. The van der Waals surface area contributed by atoms with E-state index in [0.29, 0.717) is 11.3 Å². The Kier molecular flexibility index (Phi) is 4.65. The van der Waals surface area contributed by atoms with Gasteiger partial charge in [0, 0.05) is 24.8 Å². The van der Waals surface area contributed by atoms with E-state index in [2.05, 4.69) is 18.9 Å². The molecule has 1 aromatic carbocycles. The molecule has 1 saturated heterocycles. The molecule has 1 atom stereocenters. The van der Waals surface area contributed by atoms with Crippen LogP contribution in [0.3, 0.4) is 0 Å². The van der Waals surface area contributed by atoms with Crippen molar-refractivity contribution in [2.45, 2.75) is 32.7 Å². The maximum absolute atomic E-state index is 12.8. The second kappa shape index (κ2) is 6.27. The van der Waals surface area contributed by atoms with Crippen molar-refractivity contribution >= 4 is 11.6 Å². The predicted molar refractivity (Wildman–Crippen MR) is 82.8 cm³/mol. The lowest BCUT2D eigenvalue weighted by Gasteiger charge is -2.30. The number of benzene rings is 1. The monoisotopic (exact) mass is 275 g/mol. The normalized spacial score (nSPS) is 20.8. The van der Waals surface area contributed by atoms with Gasteiger partial charge in [-0.15, -0.1) is 0 Å². The molecule has 1 heterocycles.